The molecule has 1 aromatic heterocycles. The first-order chi connectivity index (χ1) is 7.81. The summed E-state index contributed by atoms with van der Waals surface area (Å²) in [5.74, 6) is 1.80. The second-order valence-corrected chi connectivity index (χ2v) is 5.06. The zero-order valence-corrected chi connectivity index (χ0v) is 9.78. The van der Waals surface area contributed by atoms with Crippen LogP contribution in [0, 0.1) is 12.8 Å². The summed E-state index contributed by atoms with van der Waals surface area (Å²) in [5.41, 5.74) is 0.965. The molecule has 0 amide bonds. The van der Waals surface area contributed by atoms with Gasteiger partial charge in [0.1, 0.15) is 0 Å². The van der Waals surface area contributed by atoms with Gasteiger partial charge >= 0.3 is 0 Å². The van der Waals surface area contributed by atoms with E-state index < -0.39 is 0 Å². The highest BCUT2D eigenvalue weighted by Gasteiger charge is 2.33. The van der Waals surface area contributed by atoms with Gasteiger partial charge in [-0.15, -0.1) is 0 Å². The van der Waals surface area contributed by atoms with E-state index in [0.717, 1.165) is 23.9 Å². The van der Waals surface area contributed by atoms with Crippen LogP contribution >= 0.6 is 0 Å². The van der Waals surface area contributed by atoms with E-state index >= 15 is 0 Å². The summed E-state index contributed by atoms with van der Waals surface area (Å²) < 4.78 is 5.21. The van der Waals surface area contributed by atoms with Gasteiger partial charge in [-0.1, -0.05) is 5.16 Å². The van der Waals surface area contributed by atoms with Crippen molar-refractivity contribution in [3.05, 3.63) is 17.5 Å². The molecule has 1 aromatic rings. The third-order valence-corrected chi connectivity index (χ3v) is 3.85. The predicted molar refractivity (Wildman–Crippen MR) is 61.0 cm³/mol. The zero-order valence-electron chi connectivity index (χ0n) is 9.78. The Labute approximate surface area is 96.0 Å². The summed E-state index contributed by atoms with van der Waals surface area (Å²) in [7, 11) is 0. The van der Waals surface area contributed by atoms with Crippen LogP contribution in [-0.2, 0) is 6.54 Å². The highest BCUT2D eigenvalue weighted by atomic mass is 16.5. The van der Waals surface area contributed by atoms with E-state index in [9.17, 15) is 0 Å². The quantitative estimate of drug-likeness (QED) is 0.832. The van der Waals surface area contributed by atoms with Gasteiger partial charge in [0.25, 0.3) is 0 Å². The molecule has 16 heavy (non-hydrogen) atoms. The lowest BCUT2D eigenvalue weighted by molar-refractivity contribution is 0.216. The van der Waals surface area contributed by atoms with Crippen molar-refractivity contribution in [1.29, 1.82) is 0 Å². The normalized spacial score (nSPS) is 33.2. The van der Waals surface area contributed by atoms with E-state index in [1.54, 1.807) is 0 Å². The molecule has 4 nitrogen and oxygen atoms in total. The molecule has 2 aliphatic rings. The highest BCUT2D eigenvalue weighted by molar-refractivity contribution is 5.03. The van der Waals surface area contributed by atoms with Gasteiger partial charge in [0.05, 0.1) is 12.2 Å². The minimum absolute atomic E-state index is 0.671. The fourth-order valence-corrected chi connectivity index (χ4v) is 2.95. The molecular weight excluding hydrogens is 202 g/mol. The third-order valence-electron chi connectivity index (χ3n) is 3.85. The maximum absolute atomic E-state index is 5.21. The smallest absolute Gasteiger partial charge is 0.150 e. The summed E-state index contributed by atoms with van der Waals surface area (Å²) in [6.45, 7) is 6.62. The summed E-state index contributed by atoms with van der Waals surface area (Å²) in [6, 6.07) is 2.68. The molecule has 0 saturated carbocycles. The second-order valence-electron chi connectivity index (χ2n) is 5.06. The Morgan fingerprint density at radius 3 is 3.19 bits per heavy atom. The van der Waals surface area contributed by atoms with Gasteiger partial charge in [-0.3, -0.25) is 0 Å². The molecule has 3 unspecified atom stereocenters. The first-order valence-electron chi connectivity index (χ1n) is 6.19. The van der Waals surface area contributed by atoms with Crippen molar-refractivity contribution in [3.8, 4) is 0 Å². The first-order valence-corrected chi connectivity index (χ1v) is 6.19. The van der Waals surface area contributed by atoms with Crippen LogP contribution in [0.25, 0.3) is 0 Å². The molecule has 2 bridgehead atoms. The number of aromatic nitrogens is 1. The van der Waals surface area contributed by atoms with Crippen LogP contribution in [0.4, 0.5) is 0 Å². The molecule has 4 heteroatoms. The number of fused-ring (bicyclic) bond motifs is 2. The van der Waals surface area contributed by atoms with Crippen molar-refractivity contribution in [2.24, 2.45) is 5.92 Å². The summed E-state index contributed by atoms with van der Waals surface area (Å²) in [4.78, 5) is 2.57. The number of aryl methyl sites for hydroxylation is 1. The van der Waals surface area contributed by atoms with Crippen molar-refractivity contribution < 1.29 is 4.52 Å². The fraction of sp³-hybridized carbons (Fsp3) is 0.750. The first kappa shape index (κ1) is 10.3. The second kappa shape index (κ2) is 4.18. The van der Waals surface area contributed by atoms with E-state index in [1.165, 1.54) is 32.5 Å². The summed E-state index contributed by atoms with van der Waals surface area (Å²) in [5, 5.41) is 7.52. The van der Waals surface area contributed by atoms with E-state index in [-0.39, 0.29) is 0 Å². The molecule has 0 radical (unpaired) electrons. The van der Waals surface area contributed by atoms with Crippen molar-refractivity contribution in [2.45, 2.75) is 32.4 Å². The van der Waals surface area contributed by atoms with Crippen LogP contribution < -0.4 is 5.32 Å². The Morgan fingerprint density at radius 1 is 1.50 bits per heavy atom. The van der Waals surface area contributed by atoms with Crippen molar-refractivity contribution >= 4 is 0 Å². The van der Waals surface area contributed by atoms with Gasteiger partial charge in [-0.2, -0.15) is 0 Å². The minimum Gasteiger partial charge on any atom is -0.360 e. The van der Waals surface area contributed by atoms with Crippen LogP contribution in [0.15, 0.2) is 10.6 Å². The van der Waals surface area contributed by atoms with Crippen LogP contribution in [0.2, 0.25) is 0 Å². The zero-order chi connectivity index (χ0) is 11.0. The van der Waals surface area contributed by atoms with Crippen LogP contribution in [0.3, 0.4) is 0 Å². The standard InChI is InChI=1S/C12H19N3O/c1-9-6-11(16-14-9)7-13-12-3-5-15-4-2-10(12)8-15/h6,10,12-13H,2-5,7-8H2,1H3. The molecule has 3 heterocycles. The Hall–Kier alpha value is -0.870. The monoisotopic (exact) mass is 221 g/mol. The van der Waals surface area contributed by atoms with E-state index in [0.29, 0.717) is 6.04 Å². The lowest BCUT2D eigenvalue weighted by atomic mass is 9.94. The number of nitrogens with zero attached hydrogens (tertiary/aromatic N) is 2. The Bertz CT molecular complexity index is 363. The number of hydrogen-bond donors (Lipinski definition) is 1. The van der Waals surface area contributed by atoms with Crippen molar-refractivity contribution in [3.63, 3.8) is 0 Å². The van der Waals surface area contributed by atoms with Crippen LogP contribution in [0.5, 0.6) is 0 Å². The lowest BCUT2D eigenvalue weighted by Crippen LogP contribution is -2.43. The van der Waals surface area contributed by atoms with Crippen molar-refractivity contribution in [2.75, 3.05) is 19.6 Å². The molecule has 88 valence electrons. The Kier molecular flexibility index (Phi) is 2.69. The number of nitrogens with one attached hydrogen (secondary N) is 1. The number of rotatable bonds is 3. The molecule has 3 atom stereocenters. The van der Waals surface area contributed by atoms with Crippen molar-refractivity contribution in [1.82, 2.24) is 15.4 Å². The van der Waals surface area contributed by atoms with Crippen LogP contribution in [0.1, 0.15) is 24.3 Å². The van der Waals surface area contributed by atoms with E-state index in [1.807, 2.05) is 13.0 Å². The lowest BCUT2D eigenvalue weighted by Gasteiger charge is -2.30. The topological polar surface area (TPSA) is 41.3 Å². The molecule has 2 fully saturated rings. The molecule has 2 saturated heterocycles. The maximum Gasteiger partial charge on any atom is 0.150 e. The average Bonchev–Trinajstić information content (AvgIpc) is 2.86. The molecule has 0 aromatic carbocycles. The summed E-state index contributed by atoms with van der Waals surface area (Å²) in [6.07, 6.45) is 2.63. The van der Waals surface area contributed by atoms with Gasteiger partial charge in [0.2, 0.25) is 0 Å². The molecule has 2 aliphatic heterocycles. The third kappa shape index (κ3) is 1.99. The predicted octanol–water partition coefficient (Wildman–Crippen LogP) is 1.17. The summed E-state index contributed by atoms with van der Waals surface area (Å²) >= 11 is 0. The SMILES string of the molecule is Cc1cc(CNC2CCN3CCC2C3)on1. The highest BCUT2D eigenvalue weighted by Crippen LogP contribution is 2.27. The van der Waals surface area contributed by atoms with Gasteiger partial charge < -0.3 is 14.7 Å². The fourth-order valence-electron chi connectivity index (χ4n) is 2.95. The largest absolute Gasteiger partial charge is 0.360 e. The number of hydrogen-bond acceptors (Lipinski definition) is 4. The van der Waals surface area contributed by atoms with E-state index in [2.05, 4.69) is 15.4 Å². The minimum atomic E-state index is 0.671. The molecule has 0 aliphatic carbocycles. The molecule has 0 spiro atoms. The maximum atomic E-state index is 5.21. The molecule has 3 rings (SSSR count). The van der Waals surface area contributed by atoms with Gasteiger partial charge in [0, 0.05) is 18.7 Å². The van der Waals surface area contributed by atoms with Gasteiger partial charge in [0.15, 0.2) is 5.76 Å². The van der Waals surface area contributed by atoms with Crippen LogP contribution in [-0.4, -0.2) is 35.7 Å². The molecule has 1 N–H and O–H groups in total. The Morgan fingerprint density at radius 2 is 2.38 bits per heavy atom. The number of piperidine rings is 1. The molecular formula is C12H19N3O. The average molecular weight is 221 g/mol. The van der Waals surface area contributed by atoms with Gasteiger partial charge in [-0.05, 0) is 38.8 Å². The van der Waals surface area contributed by atoms with E-state index in [4.69, 9.17) is 4.52 Å². The van der Waals surface area contributed by atoms with Gasteiger partial charge in [-0.25, -0.2) is 0 Å². The Balaban J connectivity index is 1.55.